The number of rotatable bonds is 7. The van der Waals surface area contributed by atoms with Gasteiger partial charge in [0.25, 0.3) is 0 Å². The van der Waals surface area contributed by atoms with Gasteiger partial charge in [-0.2, -0.15) is 0 Å². The van der Waals surface area contributed by atoms with Gasteiger partial charge in [0.15, 0.2) is 0 Å². The highest BCUT2D eigenvalue weighted by molar-refractivity contribution is 7.99. The third kappa shape index (κ3) is 5.40. The Morgan fingerprint density at radius 2 is 2.10 bits per heavy atom. The predicted octanol–water partition coefficient (Wildman–Crippen LogP) is 1.51. The molecule has 0 heterocycles. The van der Waals surface area contributed by atoms with Gasteiger partial charge in [-0.1, -0.05) is 0 Å². The lowest BCUT2D eigenvalue weighted by molar-refractivity contribution is -0.137. The monoisotopic (exact) mass is 298 g/mol. The first-order chi connectivity index (χ1) is 9.56. The number of hydrogen-bond donors (Lipinski definition) is 2. The van der Waals surface area contributed by atoms with Crippen LogP contribution in [-0.4, -0.2) is 37.6 Å². The highest BCUT2D eigenvalue weighted by Crippen LogP contribution is 2.24. The van der Waals surface area contributed by atoms with E-state index in [-0.39, 0.29) is 17.6 Å². The number of carbonyl (C=O) groups excluding carboxylic acids is 2. The van der Waals surface area contributed by atoms with Crippen molar-refractivity contribution >= 4 is 35.0 Å². The minimum Gasteiger partial charge on any atom is -0.497 e. The Morgan fingerprint density at radius 3 is 2.70 bits per heavy atom. The van der Waals surface area contributed by atoms with E-state index < -0.39 is 0 Å². The van der Waals surface area contributed by atoms with E-state index in [1.165, 1.54) is 18.9 Å². The first kappa shape index (κ1) is 16.2. The largest absolute Gasteiger partial charge is 0.497 e. The molecule has 110 valence electrons. The molecule has 0 spiro atoms. The van der Waals surface area contributed by atoms with E-state index >= 15 is 0 Å². The first-order valence-electron chi connectivity index (χ1n) is 5.94. The molecule has 1 aromatic carbocycles. The smallest absolute Gasteiger partial charge is 0.315 e. The third-order valence-corrected chi connectivity index (χ3v) is 3.39. The van der Waals surface area contributed by atoms with Crippen molar-refractivity contribution < 1.29 is 19.1 Å². The van der Waals surface area contributed by atoms with Gasteiger partial charge in [0.05, 0.1) is 31.3 Å². The van der Waals surface area contributed by atoms with Crippen LogP contribution in [0.15, 0.2) is 18.2 Å². The van der Waals surface area contributed by atoms with Crippen molar-refractivity contribution in [2.45, 2.75) is 6.42 Å². The number of thioether (sulfide) groups is 1. The summed E-state index contributed by atoms with van der Waals surface area (Å²) in [5.74, 6) is 0.967. The van der Waals surface area contributed by atoms with E-state index in [2.05, 4.69) is 10.1 Å². The molecule has 0 unspecified atom stereocenters. The van der Waals surface area contributed by atoms with Crippen molar-refractivity contribution in [1.29, 1.82) is 0 Å². The average molecular weight is 298 g/mol. The standard InChI is InChI=1S/C13H18N2O4S/c1-18-9-3-4-11(10(14)7-9)15-12(16)5-6-20-8-13(17)19-2/h3-4,7H,5-6,8,14H2,1-2H3,(H,15,16). The summed E-state index contributed by atoms with van der Waals surface area (Å²) in [6.07, 6.45) is 0.299. The zero-order valence-electron chi connectivity index (χ0n) is 11.5. The summed E-state index contributed by atoms with van der Waals surface area (Å²) in [7, 11) is 2.88. The molecule has 0 radical (unpaired) electrons. The van der Waals surface area contributed by atoms with Crippen LogP contribution in [0.2, 0.25) is 0 Å². The van der Waals surface area contributed by atoms with Gasteiger partial charge >= 0.3 is 5.97 Å². The normalized spacial score (nSPS) is 9.90. The number of hydrogen-bond acceptors (Lipinski definition) is 6. The summed E-state index contributed by atoms with van der Waals surface area (Å²) < 4.78 is 9.53. The second-order valence-corrected chi connectivity index (χ2v) is 4.99. The van der Waals surface area contributed by atoms with Crippen LogP contribution in [0.3, 0.4) is 0 Å². The molecular formula is C13H18N2O4S. The van der Waals surface area contributed by atoms with Crippen LogP contribution in [0.5, 0.6) is 5.75 Å². The molecule has 0 bridgehead atoms. The molecule has 1 amide bonds. The predicted molar refractivity (Wildman–Crippen MR) is 80.0 cm³/mol. The summed E-state index contributed by atoms with van der Waals surface area (Å²) in [5.41, 5.74) is 6.79. The van der Waals surface area contributed by atoms with Crippen LogP contribution in [-0.2, 0) is 14.3 Å². The SMILES string of the molecule is COC(=O)CSCCC(=O)Nc1ccc(OC)cc1N. The maximum atomic E-state index is 11.7. The summed E-state index contributed by atoms with van der Waals surface area (Å²) in [4.78, 5) is 22.6. The number of anilines is 2. The van der Waals surface area contributed by atoms with Crippen molar-refractivity contribution in [2.75, 3.05) is 36.8 Å². The third-order valence-electron chi connectivity index (χ3n) is 2.45. The maximum Gasteiger partial charge on any atom is 0.315 e. The zero-order chi connectivity index (χ0) is 15.0. The molecule has 7 heteroatoms. The van der Waals surface area contributed by atoms with E-state index in [4.69, 9.17) is 10.5 Å². The molecule has 0 saturated heterocycles. The molecule has 0 atom stereocenters. The second-order valence-electron chi connectivity index (χ2n) is 3.88. The molecule has 0 aliphatic rings. The minimum absolute atomic E-state index is 0.153. The van der Waals surface area contributed by atoms with Gasteiger partial charge in [0.2, 0.25) is 5.91 Å². The van der Waals surface area contributed by atoms with Crippen molar-refractivity contribution in [2.24, 2.45) is 0 Å². The molecule has 1 rings (SSSR count). The van der Waals surface area contributed by atoms with E-state index in [1.807, 2.05) is 0 Å². The average Bonchev–Trinajstić information content (AvgIpc) is 2.45. The highest BCUT2D eigenvalue weighted by Gasteiger charge is 2.07. The molecule has 20 heavy (non-hydrogen) atoms. The number of benzene rings is 1. The fourth-order valence-corrected chi connectivity index (χ4v) is 2.13. The Labute approximate surface area is 122 Å². The number of carbonyl (C=O) groups is 2. The highest BCUT2D eigenvalue weighted by atomic mass is 32.2. The first-order valence-corrected chi connectivity index (χ1v) is 7.10. The lowest BCUT2D eigenvalue weighted by Crippen LogP contribution is -2.14. The number of nitrogens with two attached hydrogens (primary N) is 1. The second kappa shape index (κ2) is 8.31. The molecule has 0 saturated carbocycles. The summed E-state index contributed by atoms with van der Waals surface area (Å²) in [6, 6.07) is 5.05. The lowest BCUT2D eigenvalue weighted by Gasteiger charge is -2.09. The van der Waals surface area contributed by atoms with Gasteiger partial charge < -0.3 is 20.5 Å². The number of nitrogen functional groups attached to an aromatic ring is 1. The molecule has 0 aromatic heterocycles. The van der Waals surface area contributed by atoms with E-state index in [0.29, 0.717) is 29.3 Å². The van der Waals surface area contributed by atoms with Gasteiger partial charge in [0, 0.05) is 18.2 Å². The van der Waals surface area contributed by atoms with Gasteiger partial charge in [-0.15, -0.1) is 11.8 Å². The van der Waals surface area contributed by atoms with Gasteiger partial charge in [-0.25, -0.2) is 0 Å². The maximum absolute atomic E-state index is 11.7. The van der Waals surface area contributed by atoms with Crippen molar-refractivity contribution in [3.63, 3.8) is 0 Å². The van der Waals surface area contributed by atoms with E-state index in [0.717, 1.165) is 0 Å². The van der Waals surface area contributed by atoms with Gasteiger partial charge in [-0.3, -0.25) is 9.59 Å². The summed E-state index contributed by atoms with van der Waals surface area (Å²) in [5, 5.41) is 2.71. The number of nitrogens with one attached hydrogen (secondary N) is 1. The van der Waals surface area contributed by atoms with Crippen LogP contribution in [0, 0.1) is 0 Å². The van der Waals surface area contributed by atoms with Crippen LogP contribution in [0.25, 0.3) is 0 Å². The Hall–Kier alpha value is -1.89. The number of amides is 1. The molecule has 0 aliphatic heterocycles. The van der Waals surface area contributed by atoms with Crippen LogP contribution in [0.1, 0.15) is 6.42 Å². The fourth-order valence-electron chi connectivity index (χ4n) is 1.37. The summed E-state index contributed by atoms with van der Waals surface area (Å²) >= 11 is 1.35. The molecule has 6 nitrogen and oxygen atoms in total. The molecule has 3 N–H and O–H groups in total. The fraction of sp³-hybridized carbons (Fsp3) is 0.385. The number of esters is 1. The van der Waals surface area contributed by atoms with Crippen molar-refractivity contribution in [3.8, 4) is 5.75 Å². The summed E-state index contributed by atoms with van der Waals surface area (Å²) in [6.45, 7) is 0. The quantitative estimate of drug-likeness (QED) is 0.450. The van der Waals surface area contributed by atoms with Crippen molar-refractivity contribution in [1.82, 2.24) is 0 Å². The Morgan fingerprint density at radius 1 is 1.35 bits per heavy atom. The molecule has 1 aromatic rings. The van der Waals surface area contributed by atoms with E-state index in [9.17, 15) is 9.59 Å². The lowest BCUT2D eigenvalue weighted by atomic mass is 10.2. The van der Waals surface area contributed by atoms with Gasteiger partial charge in [-0.05, 0) is 12.1 Å². The molecule has 0 fully saturated rings. The molecular weight excluding hydrogens is 280 g/mol. The van der Waals surface area contributed by atoms with E-state index in [1.54, 1.807) is 25.3 Å². The van der Waals surface area contributed by atoms with Crippen LogP contribution in [0.4, 0.5) is 11.4 Å². The number of methoxy groups -OCH3 is 2. The Bertz CT molecular complexity index is 479. The Kier molecular flexibility index (Phi) is 6.72. The van der Waals surface area contributed by atoms with Gasteiger partial charge in [0.1, 0.15) is 5.75 Å². The van der Waals surface area contributed by atoms with Crippen LogP contribution < -0.4 is 15.8 Å². The van der Waals surface area contributed by atoms with Crippen molar-refractivity contribution in [3.05, 3.63) is 18.2 Å². The minimum atomic E-state index is -0.296. The molecule has 0 aliphatic carbocycles. The topological polar surface area (TPSA) is 90.7 Å². The zero-order valence-corrected chi connectivity index (χ0v) is 12.3. The number of ether oxygens (including phenoxy) is 2. The van der Waals surface area contributed by atoms with Crippen LogP contribution >= 0.6 is 11.8 Å². The Balaban J connectivity index is 2.37.